The first-order valence-electron chi connectivity index (χ1n) is 14.3. The van der Waals surface area contributed by atoms with Gasteiger partial charge >= 0.3 is 29.7 Å². The zero-order valence-electron chi connectivity index (χ0n) is 26.4. The van der Waals surface area contributed by atoms with E-state index in [1.54, 1.807) is 77.9 Å². The second-order valence-electron chi connectivity index (χ2n) is 12.6. The first-order valence-corrected chi connectivity index (χ1v) is 14.7. The molecule has 1 heterocycles. The fraction of sp³-hybridized carbons (Fsp3) is 0.500. The van der Waals surface area contributed by atoms with Gasteiger partial charge in [-0.05, 0) is 90.3 Å². The summed E-state index contributed by atoms with van der Waals surface area (Å²) in [6.45, 7) is 10.2. The van der Waals surface area contributed by atoms with Crippen molar-refractivity contribution in [1.82, 2.24) is 5.32 Å². The summed E-state index contributed by atoms with van der Waals surface area (Å²) in [6, 6.07) is 11.7. The molecule has 0 saturated carbocycles. The van der Waals surface area contributed by atoms with Crippen LogP contribution in [0.5, 0.6) is 11.5 Å². The molecular formula is C32H40ClNO11. The summed E-state index contributed by atoms with van der Waals surface area (Å²) in [4.78, 5) is 50.6. The van der Waals surface area contributed by atoms with Gasteiger partial charge in [-0.3, -0.25) is 9.59 Å². The van der Waals surface area contributed by atoms with Gasteiger partial charge in [-0.25, -0.2) is 9.59 Å². The van der Waals surface area contributed by atoms with Crippen LogP contribution in [0.15, 0.2) is 42.5 Å². The van der Waals surface area contributed by atoms with Crippen molar-refractivity contribution in [3.05, 3.63) is 58.6 Å². The van der Waals surface area contributed by atoms with Crippen LogP contribution < -0.4 is 14.8 Å². The highest BCUT2D eigenvalue weighted by molar-refractivity contribution is 6.30. The predicted molar refractivity (Wildman–Crippen MR) is 161 cm³/mol. The standard InChI is InChI=1S/C32H40ClNO11/c1-19(34-16-23(35)21-9-8-10-22(33)15-21)13-20-11-12-24-25(14-20)45-32(44-24,28(38)42-17-40-26(36)30(2,3)4)29(39)43-18-41-27(37)31(5,6)7/h8-12,14-15,19,23,34-35H,13,16-18H2,1-7H3/t19-,23+/m1/s1. The molecule has 0 spiro atoms. The Hall–Kier alpha value is -3.87. The maximum absolute atomic E-state index is 13.2. The molecule has 0 aliphatic carbocycles. The van der Waals surface area contributed by atoms with Crippen molar-refractivity contribution >= 4 is 35.5 Å². The van der Waals surface area contributed by atoms with E-state index >= 15 is 0 Å². The molecule has 45 heavy (non-hydrogen) atoms. The Morgan fingerprint density at radius 3 is 1.93 bits per heavy atom. The van der Waals surface area contributed by atoms with E-state index in [1.165, 1.54) is 6.07 Å². The van der Waals surface area contributed by atoms with Gasteiger partial charge in [0.15, 0.2) is 11.5 Å². The van der Waals surface area contributed by atoms with Crippen LogP contribution in [0, 0.1) is 10.8 Å². The van der Waals surface area contributed by atoms with Gasteiger partial charge in [-0.1, -0.05) is 29.8 Å². The second-order valence-corrected chi connectivity index (χ2v) is 13.1. The number of fused-ring (bicyclic) bond motifs is 1. The maximum Gasteiger partial charge on any atom is 0.453 e. The van der Waals surface area contributed by atoms with Gasteiger partial charge in [0.2, 0.25) is 13.6 Å². The van der Waals surface area contributed by atoms with Crippen molar-refractivity contribution in [3.8, 4) is 11.5 Å². The Morgan fingerprint density at radius 1 is 0.844 bits per heavy atom. The molecule has 2 atom stereocenters. The number of aliphatic hydroxyl groups excluding tert-OH is 1. The summed E-state index contributed by atoms with van der Waals surface area (Å²) in [5, 5.41) is 14.3. The Bertz CT molecular complexity index is 1350. The normalized spacial score (nSPS) is 15.0. The number of benzene rings is 2. The van der Waals surface area contributed by atoms with Gasteiger partial charge in [0, 0.05) is 17.6 Å². The smallest absolute Gasteiger partial charge is 0.431 e. The van der Waals surface area contributed by atoms with Gasteiger partial charge < -0.3 is 38.8 Å². The van der Waals surface area contributed by atoms with Crippen molar-refractivity contribution in [2.45, 2.75) is 72.8 Å². The molecule has 0 saturated heterocycles. The minimum Gasteiger partial charge on any atom is -0.431 e. The number of carbonyl (C=O) groups is 4. The topological polar surface area (TPSA) is 156 Å². The molecule has 0 fully saturated rings. The summed E-state index contributed by atoms with van der Waals surface area (Å²) in [5.41, 5.74) is -0.300. The third-order valence-corrected chi connectivity index (χ3v) is 6.71. The lowest BCUT2D eigenvalue weighted by atomic mass is 9.97. The van der Waals surface area contributed by atoms with E-state index in [9.17, 15) is 24.3 Å². The third kappa shape index (κ3) is 9.56. The predicted octanol–water partition coefficient (Wildman–Crippen LogP) is 4.24. The number of hydrogen-bond acceptors (Lipinski definition) is 12. The summed E-state index contributed by atoms with van der Waals surface area (Å²) >= 11 is 6.02. The molecule has 0 aromatic heterocycles. The number of carbonyl (C=O) groups excluding carboxylic acids is 4. The molecule has 1 aliphatic heterocycles. The minimum atomic E-state index is -2.76. The average molecular weight is 650 g/mol. The summed E-state index contributed by atoms with van der Waals surface area (Å²) in [7, 11) is 0. The zero-order valence-corrected chi connectivity index (χ0v) is 27.2. The van der Waals surface area contributed by atoms with E-state index in [2.05, 4.69) is 5.32 Å². The highest BCUT2D eigenvalue weighted by atomic mass is 35.5. The van der Waals surface area contributed by atoms with E-state index in [-0.39, 0.29) is 24.1 Å². The van der Waals surface area contributed by atoms with Crippen LogP contribution in [0.4, 0.5) is 0 Å². The lowest BCUT2D eigenvalue weighted by Crippen LogP contribution is -2.56. The Kier molecular flexibility index (Phi) is 11.5. The summed E-state index contributed by atoms with van der Waals surface area (Å²) in [6.07, 6.45) is -0.294. The van der Waals surface area contributed by atoms with Crippen molar-refractivity contribution in [2.24, 2.45) is 10.8 Å². The van der Waals surface area contributed by atoms with Crippen LogP contribution in [-0.4, -0.2) is 60.9 Å². The van der Waals surface area contributed by atoms with Crippen LogP contribution in [-0.2, 0) is 44.5 Å². The summed E-state index contributed by atoms with van der Waals surface area (Å²) in [5.74, 6) is -6.66. The van der Waals surface area contributed by atoms with E-state index in [0.29, 0.717) is 17.0 Å². The molecule has 0 radical (unpaired) electrons. The summed E-state index contributed by atoms with van der Waals surface area (Å²) < 4.78 is 31.4. The first-order chi connectivity index (χ1) is 20.9. The number of aliphatic hydroxyl groups is 1. The average Bonchev–Trinajstić information content (AvgIpc) is 3.35. The van der Waals surface area contributed by atoms with Crippen LogP contribution in [0.25, 0.3) is 0 Å². The van der Waals surface area contributed by atoms with Crippen molar-refractivity contribution < 1.29 is 52.7 Å². The monoisotopic (exact) mass is 649 g/mol. The molecule has 0 unspecified atom stereocenters. The number of rotatable bonds is 12. The van der Waals surface area contributed by atoms with E-state index < -0.39 is 60.2 Å². The molecule has 12 nitrogen and oxygen atoms in total. The lowest BCUT2D eigenvalue weighted by molar-refractivity contribution is -0.215. The van der Waals surface area contributed by atoms with Crippen molar-refractivity contribution in [1.29, 1.82) is 0 Å². The SMILES string of the molecule is C[C@H](Cc1ccc2c(c1)OC(C(=O)OCOC(=O)C(C)(C)C)(C(=O)OCOC(=O)C(C)(C)C)O2)NC[C@H](O)c1cccc(Cl)c1. The van der Waals surface area contributed by atoms with E-state index in [0.717, 1.165) is 5.56 Å². The zero-order chi connectivity index (χ0) is 33.6. The number of ether oxygens (including phenoxy) is 6. The largest absolute Gasteiger partial charge is 0.453 e. The Labute approximate surface area is 267 Å². The van der Waals surface area contributed by atoms with Gasteiger partial charge in [0.1, 0.15) is 0 Å². The number of halogens is 1. The van der Waals surface area contributed by atoms with Crippen LogP contribution in [0.1, 0.15) is 65.7 Å². The van der Waals surface area contributed by atoms with E-state index in [1.807, 2.05) is 6.92 Å². The second kappa shape index (κ2) is 14.5. The molecular weight excluding hydrogens is 610 g/mol. The van der Waals surface area contributed by atoms with Crippen LogP contribution in [0.2, 0.25) is 5.02 Å². The van der Waals surface area contributed by atoms with Gasteiger partial charge in [0.05, 0.1) is 16.9 Å². The molecule has 2 aromatic rings. The molecule has 0 amide bonds. The molecule has 2 aromatic carbocycles. The molecule has 1 aliphatic rings. The highest BCUT2D eigenvalue weighted by Gasteiger charge is 2.60. The third-order valence-electron chi connectivity index (χ3n) is 6.47. The highest BCUT2D eigenvalue weighted by Crippen LogP contribution is 2.41. The fourth-order valence-electron chi connectivity index (χ4n) is 3.89. The van der Waals surface area contributed by atoms with Crippen molar-refractivity contribution in [3.63, 3.8) is 0 Å². The number of nitrogens with one attached hydrogen (secondary N) is 1. The van der Waals surface area contributed by atoms with Crippen molar-refractivity contribution in [2.75, 3.05) is 20.1 Å². The van der Waals surface area contributed by atoms with Crippen LogP contribution >= 0.6 is 11.6 Å². The minimum absolute atomic E-state index is 0.0445. The molecule has 2 N–H and O–H groups in total. The van der Waals surface area contributed by atoms with Gasteiger partial charge in [-0.15, -0.1) is 0 Å². The Balaban J connectivity index is 1.70. The molecule has 3 rings (SSSR count). The maximum atomic E-state index is 13.2. The molecule has 0 bridgehead atoms. The van der Waals surface area contributed by atoms with Crippen LogP contribution in [0.3, 0.4) is 0 Å². The quantitative estimate of drug-likeness (QED) is 0.192. The number of esters is 4. The van der Waals surface area contributed by atoms with Gasteiger partial charge in [-0.2, -0.15) is 0 Å². The fourth-order valence-corrected chi connectivity index (χ4v) is 4.09. The van der Waals surface area contributed by atoms with E-state index in [4.69, 9.17) is 40.0 Å². The van der Waals surface area contributed by atoms with Gasteiger partial charge in [0.25, 0.3) is 0 Å². The molecule has 13 heteroatoms. The number of hydrogen-bond donors (Lipinski definition) is 2. The Morgan fingerprint density at radius 2 is 1.40 bits per heavy atom. The first kappa shape index (κ1) is 35.6. The molecule has 246 valence electrons. The lowest BCUT2D eigenvalue weighted by Gasteiger charge is -2.24.